The van der Waals surface area contributed by atoms with Gasteiger partial charge in [-0.05, 0) is 31.2 Å². The maximum Gasteiger partial charge on any atom is 0.211 e. The fourth-order valence-electron chi connectivity index (χ4n) is 3.03. The molecule has 2 heterocycles. The third kappa shape index (κ3) is 3.25. The smallest absolute Gasteiger partial charge is 0.211 e. The van der Waals surface area contributed by atoms with Gasteiger partial charge in [0.2, 0.25) is 10.0 Å². The molecule has 1 aromatic heterocycles. The van der Waals surface area contributed by atoms with Crippen LogP contribution in [0.1, 0.15) is 6.92 Å². The number of methoxy groups -OCH3 is 1. The van der Waals surface area contributed by atoms with Crippen LogP contribution in [-0.4, -0.2) is 56.7 Å². The minimum absolute atomic E-state index is 0.0680. The molecule has 1 saturated heterocycles. The van der Waals surface area contributed by atoms with Gasteiger partial charge in [0, 0.05) is 37.1 Å². The summed E-state index contributed by atoms with van der Waals surface area (Å²) in [6.45, 7) is 3.69. The van der Waals surface area contributed by atoms with Crippen LogP contribution in [0.25, 0.3) is 10.9 Å². The predicted molar refractivity (Wildman–Crippen MR) is 91.5 cm³/mol. The van der Waals surface area contributed by atoms with E-state index in [1.54, 1.807) is 11.4 Å². The lowest BCUT2D eigenvalue weighted by Gasteiger charge is -2.38. The van der Waals surface area contributed by atoms with Crippen LogP contribution in [0, 0.1) is 0 Å². The zero-order chi connectivity index (χ0) is 16.6. The highest BCUT2D eigenvalue weighted by molar-refractivity contribution is 7.88. The highest BCUT2D eigenvalue weighted by atomic mass is 32.2. The first-order valence-corrected chi connectivity index (χ1v) is 9.40. The van der Waals surface area contributed by atoms with E-state index in [4.69, 9.17) is 9.72 Å². The number of hydrogen-bond donors (Lipinski definition) is 0. The van der Waals surface area contributed by atoms with Gasteiger partial charge in [0.15, 0.2) is 0 Å². The van der Waals surface area contributed by atoms with E-state index in [-0.39, 0.29) is 6.04 Å². The Labute approximate surface area is 136 Å². The zero-order valence-electron chi connectivity index (χ0n) is 13.6. The summed E-state index contributed by atoms with van der Waals surface area (Å²) in [6, 6.07) is 9.75. The van der Waals surface area contributed by atoms with Crippen LogP contribution < -0.4 is 9.64 Å². The summed E-state index contributed by atoms with van der Waals surface area (Å²) in [7, 11) is -1.52. The van der Waals surface area contributed by atoms with Crippen LogP contribution >= 0.6 is 0 Å². The number of fused-ring (bicyclic) bond motifs is 1. The molecule has 23 heavy (non-hydrogen) atoms. The van der Waals surface area contributed by atoms with Crippen molar-refractivity contribution in [2.45, 2.75) is 13.0 Å². The van der Waals surface area contributed by atoms with Gasteiger partial charge < -0.3 is 9.64 Å². The summed E-state index contributed by atoms with van der Waals surface area (Å²) >= 11 is 0. The monoisotopic (exact) mass is 335 g/mol. The first kappa shape index (κ1) is 16.0. The molecular weight excluding hydrogens is 314 g/mol. The van der Waals surface area contributed by atoms with E-state index in [2.05, 4.69) is 4.90 Å². The first-order valence-electron chi connectivity index (χ1n) is 7.55. The summed E-state index contributed by atoms with van der Waals surface area (Å²) in [5, 5.41) is 1.05. The van der Waals surface area contributed by atoms with E-state index in [1.807, 2.05) is 37.3 Å². The summed E-state index contributed by atoms with van der Waals surface area (Å²) in [6.07, 6.45) is 1.26. The van der Waals surface area contributed by atoms with Crippen molar-refractivity contribution in [2.24, 2.45) is 0 Å². The minimum atomic E-state index is -3.15. The van der Waals surface area contributed by atoms with Crippen LogP contribution in [-0.2, 0) is 10.0 Å². The number of hydrogen-bond acceptors (Lipinski definition) is 5. The van der Waals surface area contributed by atoms with E-state index in [0.717, 1.165) is 22.5 Å². The van der Waals surface area contributed by atoms with Gasteiger partial charge in [-0.1, -0.05) is 0 Å². The highest BCUT2D eigenvalue weighted by Gasteiger charge is 2.30. The molecule has 1 atom stereocenters. The predicted octanol–water partition coefficient (Wildman–Crippen LogP) is 1.71. The van der Waals surface area contributed by atoms with Gasteiger partial charge in [0.25, 0.3) is 0 Å². The number of rotatable bonds is 3. The third-order valence-electron chi connectivity index (χ3n) is 4.20. The Hall–Kier alpha value is -1.86. The number of aromatic nitrogens is 1. The van der Waals surface area contributed by atoms with Crippen molar-refractivity contribution < 1.29 is 13.2 Å². The third-order valence-corrected chi connectivity index (χ3v) is 5.60. The molecule has 1 aromatic carbocycles. The SMILES string of the molecule is COc1ccc2ccc(N3CCN(S(C)(=O)=O)[C@@H](C)C3)nc2c1. The summed E-state index contributed by atoms with van der Waals surface area (Å²) in [4.78, 5) is 6.84. The second-order valence-corrected chi connectivity index (χ2v) is 7.83. The van der Waals surface area contributed by atoms with Gasteiger partial charge in [-0.15, -0.1) is 0 Å². The average Bonchev–Trinajstić information content (AvgIpc) is 2.52. The number of sulfonamides is 1. The largest absolute Gasteiger partial charge is 0.497 e. The summed E-state index contributed by atoms with van der Waals surface area (Å²) < 4.78 is 30.3. The number of anilines is 1. The van der Waals surface area contributed by atoms with Crippen LogP contribution in [0.4, 0.5) is 5.82 Å². The second-order valence-electron chi connectivity index (χ2n) is 5.90. The maximum absolute atomic E-state index is 11.8. The molecule has 124 valence electrons. The Morgan fingerprint density at radius 3 is 2.61 bits per heavy atom. The highest BCUT2D eigenvalue weighted by Crippen LogP contribution is 2.24. The summed E-state index contributed by atoms with van der Waals surface area (Å²) in [5.74, 6) is 1.64. The minimum Gasteiger partial charge on any atom is -0.497 e. The van der Waals surface area contributed by atoms with Crippen LogP contribution in [0.2, 0.25) is 0 Å². The molecule has 0 N–H and O–H groups in total. The molecule has 7 heteroatoms. The number of piperazine rings is 1. The Morgan fingerprint density at radius 2 is 1.96 bits per heavy atom. The number of ether oxygens (including phenoxy) is 1. The Bertz CT molecular complexity index is 822. The molecule has 0 unspecified atom stereocenters. The Kier molecular flexibility index (Phi) is 4.16. The number of pyridine rings is 1. The van der Waals surface area contributed by atoms with Gasteiger partial charge in [0.1, 0.15) is 11.6 Å². The molecule has 1 aliphatic rings. The molecule has 0 spiro atoms. The molecule has 0 bridgehead atoms. The molecule has 0 radical (unpaired) electrons. The Balaban J connectivity index is 1.86. The van der Waals surface area contributed by atoms with E-state index in [1.165, 1.54) is 6.26 Å². The summed E-state index contributed by atoms with van der Waals surface area (Å²) in [5.41, 5.74) is 0.875. The number of nitrogens with zero attached hydrogens (tertiary/aromatic N) is 3. The van der Waals surface area contributed by atoms with Crippen LogP contribution in [0.15, 0.2) is 30.3 Å². The van der Waals surface area contributed by atoms with Crippen LogP contribution in [0.5, 0.6) is 5.75 Å². The van der Waals surface area contributed by atoms with Crippen molar-refractivity contribution in [2.75, 3.05) is 37.9 Å². The molecule has 1 aliphatic heterocycles. The van der Waals surface area contributed by atoms with E-state index < -0.39 is 10.0 Å². The van der Waals surface area contributed by atoms with Crippen molar-refractivity contribution >= 4 is 26.7 Å². The van der Waals surface area contributed by atoms with Crippen molar-refractivity contribution in [3.63, 3.8) is 0 Å². The molecule has 6 nitrogen and oxygen atoms in total. The molecule has 0 amide bonds. The maximum atomic E-state index is 11.8. The average molecular weight is 335 g/mol. The van der Waals surface area contributed by atoms with E-state index in [0.29, 0.717) is 19.6 Å². The van der Waals surface area contributed by atoms with Gasteiger partial charge in [0.05, 0.1) is 18.9 Å². The molecular formula is C16H21N3O3S. The molecule has 1 fully saturated rings. The van der Waals surface area contributed by atoms with Crippen molar-refractivity contribution in [3.8, 4) is 5.75 Å². The van der Waals surface area contributed by atoms with Crippen LogP contribution in [0.3, 0.4) is 0 Å². The van der Waals surface area contributed by atoms with Crippen molar-refractivity contribution in [1.29, 1.82) is 0 Å². The fraction of sp³-hybridized carbons (Fsp3) is 0.438. The molecule has 2 aromatic rings. The quantitative estimate of drug-likeness (QED) is 0.854. The zero-order valence-corrected chi connectivity index (χ0v) is 14.4. The van der Waals surface area contributed by atoms with Gasteiger partial charge >= 0.3 is 0 Å². The topological polar surface area (TPSA) is 62.7 Å². The second kappa shape index (κ2) is 5.98. The van der Waals surface area contributed by atoms with E-state index >= 15 is 0 Å². The number of benzene rings is 1. The molecule has 3 rings (SSSR count). The van der Waals surface area contributed by atoms with Crippen molar-refractivity contribution in [1.82, 2.24) is 9.29 Å². The molecule has 0 saturated carbocycles. The fourth-order valence-corrected chi connectivity index (χ4v) is 4.16. The molecule has 0 aliphatic carbocycles. The van der Waals surface area contributed by atoms with Crippen molar-refractivity contribution in [3.05, 3.63) is 30.3 Å². The van der Waals surface area contributed by atoms with E-state index in [9.17, 15) is 8.42 Å². The Morgan fingerprint density at radius 1 is 1.22 bits per heavy atom. The van der Waals surface area contributed by atoms with Gasteiger partial charge in [-0.3, -0.25) is 0 Å². The lowest BCUT2D eigenvalue weighted by molar-refractivity contribution is 0.308. The lowest BCUT2D eigenvalue weighted by Crippen LogP contribution is -2.53. The normalized spacial score (nSPS) is 20.0. The van der Waals surface area contributed by atoms with Gasteiger partial charge in [-0.2, -0.15) is 4.31 Å². The first-order chi connectivity index (χ1) is 10.9. The standard InChI is InChI=1S/C16H21N3O3S/c1-12-11-18(8-9-19(12)23(3,20)21)16-7-5-13-4-6-14(22-2)10-15(13)17-16/h4-7,10,12H,8-9,11H2,1-3H3/t12-/m0/s1. The lowest BCUT2D eigenvalue weighted by atomic mass is 10.2. The van der Waals surface area contributed by atoms with Gasteiger partial charge in [-0.25, -0.2) is 13.4 Å².